The fourth-order valence-corrected chi connectivity index (χ4v) is 3.39. The minimum atomic E-state index is -0.838. The summed E-state index contributed by atoms with van der Waals surface area (Å²) < 4.78 is 0. The fourth-order valence-electron chi connectivity index (χ4n) is 3.39. The van der Waals surface area contributed by atoms with Gasteiger partial charge in [0.1, 0.15) is 0 Å². The Bertz CT molecular complexity index is 394. The van der Waals surface area contributed by atoms with Gasteiger partial charge in [0.25, 0.3) is 0 Å². The molecule has 1 aliphatic rings. The molecule has 24 heavy (non-hydrogen) atoms. The normalized spacial score (nSPS) is 20.1. The highest BCUT2D eigenvalue weighted by Crippen LogP contribution is 2.28. The molecule has 0 spiro atoms. The van der Waals surface area contributed by atoms with Crippen LogP contribution in [0.3, 0.4) is 0 Å². The lowest BCUT2D eigenvalue weighted by Crippen LogP contribution is -2.42. The van der Waals surface area contributed by atoms with E-state index in [1.807, 2.05) is 17.1 Å². The van der Waals surface area contributed by atoms with Crippen molar-refractivity contribution < 1.29 is 14.7 Å². The number of rotatable bonds is 12. The maximum Gasteiger partial charge on any atom is 0.307 e. The number of amides is 1. The van der Waals surface area contributed by atoms with E-state index < -0.39 is 11.9 Å². The zero-order valence-corrected chi connectivity index (χ0v) is 15.5. The van der Waals surface area contributed by atoms with E-state index >= 15 is 0 Å². The minimum absolute atomic E-state index is 0.0553. The average molecular weight is 338 g/mol. The van der Waals surface area contributed by atoms with Crippen LogP contribution in [0.1, 0.15) is 78.1 Å². The van der Waals surface area contributed by atoms with Crippen LogP contribution in [0.15, 0.2) is 12.2 Å². The molecule has 0 aromatic heterocycles. The first-order valence-corrected chi connectivity index (χ1v) is 9.78. The van der Waals surface area contributed by atoms with Crippen molar-refractivity contribution in [2.75, 3.05) is 13.1 Å². The van der Waals surface area contributed by atoms with E-state index in [9.17, 15) is 14.7 Å². The van der Waals surface area contributed by atoms with Crippen LogP contribution < -0.4 is 0 Å². The second-order valence-corrected chi connectivity index (χ2v) is 6.94. The maximum atomic E-state index is 13.0. The Balaban J connectivity index is 2.65. The highest BCUT2D eigenvalue weighted by Gasteiger charge is 2.36. The molecule has 0 heterocycles. The molecule has 1 N–H and O–H groups in total. The van der Waals surface area contributed by atoms with Crippen LogP contribution in [0.2, 0.25) is 0 Å². The first kappa shape index (κ1) is 20.7. The second kappa shape index (κ2) is 12.1. The Morgan fingerprint density at radius 1 is 0.875 bits per heavy atom. The maximum absolute atomic E-state index is 13.0. The highest BCUT2D eigenvalue weighted by atomic mass is 16.4. The van der Waals surface area contributed by atoms with Crippen LogP contribution in [0, 0.1) is 11.8 Å². The number of aliphatic carboxylic acids is 1. The summed E-state index contributed by atoms with van der Waals surface area (Å²) in [6.45, 7) is 5.91. The van der Waals surface area contributed by atoms with Crippen LogP contribution >= 0.6 is 0 Å². The van der Waals surface area contributed by atoms with Crippen LogP contribution in [0.25, 0.3) is 0 Å². The van der Waals surface area contributed by atoms with Crippen molar-refractivity contribution in [1.82, 2.24) is 4.90 Å². The highest BCUT2D eigenvalue weighted by molar-refractivity contribution is 5.85. The number of allylic oxidation sites excluding steroid dienone is 2. The zero-order chi connectivity index (χ0) is 17.8. The van der Waals surface area contributed by atoms with Crippen molar-refractivity contribution >= 4 is 11.9 Å². The number of carboxylic acids is 1. The van der Waals surface area contributed by atoms with E-state index in [0.29, 0.717) is 12.8 Å². The summed E-state index contributed by atoms with van der Waals surface area (Å²) in [7, 11) is 0. The lowest BCUT2D eigenvalue weighted by Gasteiger charge is -2.31. The van der Waals surface area contributed by atoms with Gasteiger partial charge in [-0.05, 0) is 25.7 Å². The Morgan fingerprint density at radius 2 is 1.38 bits per heavy atom. The van der Waals surface area contributed by atoms with Crippen LogP contribution in [-0.2, 0) is 9.59 Å². The third-order valence-electron chi connectivity index (χ3n) is 4.94. The lowest BCUT2D eigenvalue weighted by molar-refractivity contribution is -0.150. The molecule has 138 valence electrons. The molecule has 1 aliphatic carbocycles. The van der Waals surface area contributed by atoms with Crippen molar-refractivity contribution in [3.63, 3.8) is 0 Å². The summed E-state index contributed by atoms with van der Waals surface area (Å²) in [5.74, 6) is -1.73. The number of nitrogens with zero attached hydrogens (tertiary/aromatic N) is 1. The largest absolute Gasteiger partial charge is 0.481 e. The Kier molecular flexibility index (Phi) is 10.4. The van der Waals surface area contributed by atoms with Crippen LogP contribution in [0.5, 0.6) is 0 Å². The molecule has 4 nitrogen and oxygen atoms in total. The summed E-state index contributed by atoms with van der Waals surface area (Å²) in [6, 6.07) is 0. The van der Waals surface area contributed by atoms with E-state index in [4.69, 9.17) is 0 Å². The number of carboxylic acid groups (broad SMARTS) is 1. The summed E-state index contributed by atoms with van der Waals surface area (Å²) in [5, 5.41) is 9.43. The van der Waals surface area contributed by atoms with Crippen molar-refractivity contribution in [2.24, 2.45) is 11.8 Å². The van der Waals surface area contributed by atoms with Gasteiger partial charge in [-0.25, -0.2) is 0 Å². The second-order valence-electron chi connectivity index (χ2n) is 6.94. The third kappa shape index (κ3) is 7.06. The van der Waals surface area contributed by atoms with Gasteiger partial charge >= 0.3 is 5.97 Å². The molecule has 0 aromatic carbocycles. The van der Waals surface area contributed by atoms with Gasteiger partial charge in [0.2, 0.25) is 5.91 Å². The van der Waals surface area contributed by atoms with Crippen molar-refractivity contribution in [3.05, 3.63) is 12.2 Å². The molecular formula is C20H35NO3. The number of carbonyl (C=O) groups excluding carboxylic acids is 1. The smallest absolute Gasteiger partial charge is 0.307 e. The third-order valence-corrected chi connectivity index (χ3v) is 4.94. The van der Waals surface area contributed by atoms with Gasteiger partial charge in [-0.2, -0.15) is 0 Å². The topological polar surface area (TPSA) is 57.6 Å². The molecule has 1 rings (SSSR count). The Labute approximate surface area is 147 Å². The van der Waals surface area contributed by atoms with Crippen molar-refractivity contribution in [3.8, 4) is 0 Å². The van der Waals surface area contributed by atoms with Gasteiger partial charge < -0.3 is 10.0 Å². The standard InChI is InChI=1S/C20H35NO3/c1-3-5-7-11-15-21(16-12-8-6-4-2)19(22)17-13-9-10-14-18(17)20(23)24/h9-10,17-18H,3-8,11-16H2,1-2H3,(H,23,24). The predicted octanol–water partition coefficient (Wildman–Crippen LogP) is 4.64. The molecule has 0 saturated heterocycles. The fraction of sp³-hybridized carbons (Fsp3) is 0.800. The van der Waals surface area contributed by atoms with E-state index in [1.54, 1.807) is 0 Å². The molecule has 2 atom stereocenters. The molecule has 4 heteroatoms. The van der Waals surface area contributed by atoms with Gasteiger partial charge in [0, 0.05) is 13.1 Å². The molecule has 1 amide bonds. The molecular weight excluding hydrogens is 302 g/mol. The summed E-state index contributed by atoms with van der Waals surface area (Å²) in [4.78, 5) is 26.4. The van der Waals surface area contributed by atoms with Gasteiger partial charge in [0.05, 0.1) is 11.8 Å². The molecule has 0 fully saturated rings. The first-order chi connectivity index (χ1) is 11.6. The van der Waals surface area contributed by atoms with Crippen LogP contribution in [-0.4, -0.2) is 35.0 Å². The van der Waals surface area contributed by atoms with Gasteiger partial charge in [-0.1, -0.05) is 64.5 Å². The summed E-state index contributed by atoms with van der Waals surface area (Å²) in [6.07, 6.45) is 14.0. The average Bonchev–Trinajstić information content (AvgIpc) is 2.59. The van der Waals surface area contributed by atoms with E-state index in [2.05, 4.69) is 13.8 Å². The summed E-state index contributed by atoms with van der Waals surface area (Å²) >= 11 is 0. The zero-order valence-electron chi connectivity index (χ0n) is 15.5. The number of carbonyl (C=O) groups is 2. The SMILES string of the molecule is CCCCCCN(CCCCCC)C(=O)C1CC=CCC1C(=O)O. The van der Waals surface area contributed by atoms with Gasteiger partial charge in [0.15, 0.2) is 0 Å². The number of unbranched alkanes of at least 4 members (excludes halogenated alkanes) is 6. The van der Waals surface area contributed by atoms with E-state index in [0.717, 1.165) is 38.8 Å². The molecule has 0 aliphatic heterocycles. The lowest BCUT2D eigenvalue weighted by atomic mass is 9.82. The van der Waals surface area contributed by atoms with Crippen LogP contribution in [0.4, 0.5) is 0 Å². The molecule has 0 aromatic rings. The van der Waals surface area contributed by atoms with Gasteiger partial charge in [-0.15, -0.1) is 0 Å². The van der Waals surface area contributed by atoms with Crippen molar-refractivity contribution in [1.29, 1.82) is 0 Å². The molecule has 0 radical (unpaired) electrons. The van der Waals surface area contributed by atoms with E-state index in [-0.39, 0.29) is 11.8 Å². The predicted molar refractivity (Wildman–Crippen MR) is 97.9 cm³/mol. The molecule has 0 saturated carbocycles. The first-order valence-electron chi connectivity index (χ1n) is 9.78. The number of hydrogen-bond acceptors (Lipinski definition) is 2. The quantitative estimate of drug-likeness (QED) is 0.417. The minimum Gasteiger partial charge on any atom is -0.481 e. The number of hydrogen-bond donors (Lipinski definition) is 1. The molecule has 2 unspecified atom stereocenters. The summed E-state index contributed by atoms with van der Waals surface area (Å²) in [5.41, 5.74) is 0. The van der Waals surface area contributed by atoms with E-state index in [1.165, 1.54) is 25.7 Å². The Hall–Kier alpha value is -1.32. The monoisotopic (exact) mass is 337 g/mol. The van der Waals surface area contributed by atoms with Gasteiger partial charge in [-0.3, -0.25) is 9.59 Å². The Morgan fingerprint density at radius 3 is 1.83 bits per heavy atom. The van der Waals surface area contributed by atoms with Crippen molar-refractivity contribution in [2.45, 2.75) is 78.1 Å². The molecule has 0 bridgehead atoms.